The van der Waals surface area contributed by atoms with Crippen molar-refractivity contribution in [1.29, 1.82) is 0 Å². The minimum Gasteiger partial charge on any atom is -0.508 e. The van der Waals surface area contributed by atoms with Crippen LogP contribution in [0.3, 0.4) is 0 Å². The van der Waals surface area contributed by atoms with E-state index in [0.29, 0.717) is 13.1 Å². The molecule has 1 aliphatic rings. The second-order valence-electron chi connectivity index (χ2n) is 7.40. The van der Waals surface area contributed by atoms with Crippen LogP contribution in [0, 0.1) is 11.8 Å². The van der Waals surface area contributed by atoms with Gasteiger partial charge in [0, 0.05) is 18.5 Å². The van der Waals surface area contributed by atoms with Crippen molar-refractivity contribution in [3.8, 4) is 28.7 Å². The molecule has 0 aliphatic carbocycles. The highest BCUT2D eigenvalue weighted by molar-refractivity contribution is 5.99. The quantitative estimate of drug-likeness (QED) is 0.502. The fraction of sp³-hybridized carbons (Fsp3) is 0.160. The summed E-state index contributed by atoms with van der Waals surface area (Å²) in [6.07, 6.45) is 0. The Bertz CT molecular complexity index is 1320. The molecule has 0 atom stereocenters. The standard InChI is InChI=1S/C25H19NO3/c1-2-5-25(28)26-14-19(15-26)24-12-18-9-8-17(11-23(18)29-24)22-13-20(27)10-16-6-3-4-7-21(16)22/h3-4,6-13,19,27H,14-15H2,1H3. The monoisotopic (exact) mass is 381 g/mol. The topological polar surface area (TPSA) is 53.7 Å². The predicted octanol–water partition coefficient (Wildman–Crippen LogP) is 4.91. The normalized spacial score (nSPS) is 13.9. The summed E-state index contributed by atoms with van der Waals surface area (Å²) >= 11 is 0. The number of hydrogen-bond acceptors (Lipinski definition) is 3. The number of phenols is 1. The number of carbonyl (C=O) groups is 1. The molecule has 3 aromatic carbocycles. The lowest BCUT2D eigenvalue weighted by Gasteiger charge is -2.36. The zero-order chi connectivity index (χ0) is 20.0. The lowest BCUT2D eigenvalue weighted by atomic mass is 9.96. The van der Waals surface area contributed by atoms with Gasteiger partial charge < -0.3 is 14.4 Å². The second-order valence-corrected chi connectivity index (χ2v) is 7.40. The Kier molecular flexibility index (Phi) is 4.03. The second kappa shape index (κ2) is 6.72. The summed E-state index contributed by atoms with van der Waals surface area (Å²) in [6.45, 7) is 2.94. The smallest absolute Gasteiger partial charge is 0.298 e. The van der Waals surface area contributed by atoms with E-state index in [4.69, 9.17) is 4.42 Å². The summed E-state index contributed by atoms with van der Waals surface area (Å²) < 4.78 is 6.13. The van der Waals surface area contributed by atoms with Gasteiger partial charge in [0.15, 0.2) is 0 Å². The molecule has 0 unspecified atom stereocenters. The maximum absolute atomic E-state index is 11.8. The summed E-state index contributed by atoms with van der Waals surface area (Å²) in [6, 6.07) is 19.7. The molecule has 0 spiro atoms. The summed E-state index contributed by atoms with van der Waals surface area (Å²) in [4.78, 5) is 13.5. The third-order valence-electron chi connectivity index (χ3n) is 5.50. The van der Waals surface area contributed by atoms with Gasteiger partial charge in [0.25, 0.3) is 5.91 Å². The van der Waals surface area contributed by atoms with Crippen molar-refractivity contribution in [3.63, 3.8) is 0 Å². The van der Waals surface area contributed by atoms with E-state index in [-0.39, 0.29) is 17.6 Å². The van der Waals surface area contributed by atoms with E-state index < -0.39 is 0 Å². The van der Waals surface area contributed by atoms with Crippen LogP contribution >= 0.6 is 0 Å². The van der Waals surface area contributed by atoms with E-state index in [1.807, 2.05) is 30.3 Å². The number of aromatic hydroxyl groups is 1. The molecule has 0 radical (unpaired) electrons. The number of furan rings is 1. The number of rotatable bonds is 2. The number of nitrogens with zero attached hydrogens (tertiary/aromatic N) is 1. The Labute approximate surface area is 168 Å². The van der Waals surface area contributed by atoms with Crippen molar-refractivity contribution >= 4 is 27.6 Å². The first kappa shape index (κ1) is 17.4. The first-order chi connectivity index (χ1) is 14.1. The molecule has 1 aliphatic heterocycles. The molecule has 142 valence electrons. The van der Waals surface area contributed by atoms with Crippen LogP contribution in [-0.2, 0) is 4.79 Å². The molecule has 4 heteroatoms. The van der Waals surface area contributed by atoms with Crippen LogP contribution in [0.15, 0.2) is 65.1 Å². The van der Waals surface area contributed by atoms with Crippen LogP contribution in [0.5, 0.6) is 5.75 Å². The Morgan fingerprint density at radius 3 is 2.72 bits per heavy atom. The minimum atomic E-state index is -0.127. The molecule has 5 rings (SSSR count). The first-order valence-electron chi connectivity index (χ1n) is 9.59. The molecular weight excluding hydrogens is 362 g/mol. The van der Waals surface area contributed by atoms with Crippen LogP contribution in [-0.4, -0.2) is 29.0 Å². The van der Waals surface area contributed by atoms with Crippen molar-refractivity contribution in [2.24, 2.45) is 0 Å². The number of fused-ring (bicyclic) bond motifs is 2. The number of benzene rings is 3. The van der Waals surface area contributed by atoms with E-state index in [1.54, 1.807) is 24.0 Å². The van der Waals surface area contributed by atoms with Gasteiger partial charge in [-0.25, -0.2) is 0 Å². The predicted molar refractivity (Wildman–Crippen MR) is 114 cm³/mol. The zero-order valence-corrected chi connectivity index (χ0v) is 16.0. The van der Waals surface area contributed by atoms with Crippen molar-refractivity contribution in [3.05, 3.63) is 66.4 Å². The van der Waals surface area contributed by atoms with Crippen LogP contribution in [0.1, 0.15) is 18.6 Å². The highest BCUT2D eigenvalue weighted by Gasteiger charge is 2.33. The fourth-order valence-corrected chi connectivity index (χ4v) is 3.96. The van der Waals surface area contributed by atoms with Crippen LogP contribution in [0.2, 0.25) is 0 Å². The zero-order valence-electron chi connectivity index (χ0n) is 16.0. The molecule has 1 aromatic heterocycles. The van der Waals surface area contributed by atoms with Gasteiger partial charge in [0.05, 0.1) is 5.92 Å². The van der Waals surface area contributed by atoms with Crippen molar-refractivity contribution < 1.29 is 14.3 Å². The molecule has 2 heterocycles. The van der Waals surface area contributed by atoms with Gasteiger partial charge in [0.2, 0.25) is 0 Å². The fourth-order valence-electron chi connectivity index (χ4n) is 3.96. The van der Waals surface area contributed by atoms with Gasteiger partial charge in [-0.3, -0.25) is 4.79 Å². The minimum absolute atomic E-state index is 0.127. The van der Waals surface area contributed by atoms with E-state index in [2.05, 4.69) is 30.0 Å². The number of amides is 1. The molecule has 1 fully saturated rings. The van der Waals surface area contributed by atoms with Gasteiger partial charge in [-0.2, -0.15) is 0 Å². The molecule has 4 nitrogen and oxygen atoms in total. The van der Waals surface area contributed by atoms with Crippen LogP contribution in [0.4, 0.5) is 0 Å². The van der Waals surface area contributed by atoms with E-state index in [9.17, 15) is 9.90 Å². The van der Waals surface area contributed by atoms with E-state index >= 15 is 0 Å². The van der Waals surface area contributed by atoms with Gasteiger partial charge in [0.1, 0.15) is 17.1 Å². The summed E-state index contributed by atoms with van der Waals surface area (Å²) in [5.74, 6) is 6.44. The van der Waals surface area contributed by atoms with Crippen molar-refractivity contribution in [2.45, 2.75) is 12.8 Å². The molecule has 1 N–H and O–H groups in total. The highest BCUT2D eigenvalue weighted by Crippen LogP contribution is 2.36. The van der Waals surface area contributed by atoms with Crippen molar-refractivity contribution in [1.82, 2.24) is 4.90 Å². The van der Waals surface area contributed by atoms with E-state index in [1.165, 1.54) is 0 Å². The van der Waals surface area contributed by atoms with E-state index in [0.717, 1.165) is 38.6 Å². The lowest BCUT2D eigenvalue weighted by molar-refractivity contribution is -0.129. The number of hydrogen-bond donors (Lipinski definition) is 1. The first-order valence-corrected chi connectivity index (χ1v) is 9.59. The molecular formula is C25H19NO3. The molecule has 1 saturated heterocycles. The van der Waals surface area contributed by atoms with Crippen LogP contribution in [0.25, 0.3) is 32.9 Å². The Balaban J connectivity index is 1.48. The molecule has 4 aromatic rings. The maximum Gasteiger partial charge on any atom is 0.298 e. The summed E-state index contributed by atoms with van der Waals surface area (Å²) in [5.41, 5.74) is 2.77. The highest BCUT2D eigenvalue weighted by atomic mass is 16.3. The van der Waals surface area contributed by atoms with Gasteiger partial charge in [-0.05, 0) is 59.0 Å². The van der Waals surface area contributed by atoms with Gasteiger partial charge >= 0.3 is 0 Å². The maximum atomic E-state index is 11.8. The average Bonchev–Trinajstić information content (AvgIpc) is 3.09. The summed E-state index contributed by atoms with van der Waals surface area (Å²) in [7, 11) is 0. The molecule has 29 heavy (non-hydrogen) atoms. The van der Waals surface area contributed by atoms with Crippen molar-refractivity contribution in [2.75, 3.05) is 13.1 Å². The molecule has 0 bridgehead atoms. The number of carbonyl (C=O) groups excluding carboxylic acids is 1. The number of phenolic OH excluding ortho intramolecular Hbond substituents is 1. The lowest BCUT2D eigenvalue weighted by Crippen LogP contribution is -2.47. The largest absolute Gasteiger partial charge is 0.508 e. The van der Waals surface area contributed by atoms with Gasteiger partial charge in [-0.1, -0.05) is 42.3 Å². The Morgan fingerprint density at radius 1 is 1.07 bits per heavy atom. The molecule has 1 amide bonds. The number of likely N-dealkylation sites (tertiary alicyclic amines) is 1. The Hall–Kier alpha value is -3.71. The molecule has 0 saturated carbocycles. The SMILES string of the molecule is CC#CC(=O)N1CC(c2cc3ccc(-c4cc(O)cc5ccccc45)cc3o2)C1. The van der Waals surface area contributed by atoms with Gasteiger partial charge in [-0.15, -0.1) is 0 Å². The third-order valence-corrected chi connectivity index (χ3v) is 5.50. The summed E-state index contributed by atoms with van der Waals surface area (Å²) in [5, 5.41) is 13.3. The third kappa shape index (κ3) is 3.01. The average molecular weight is 381 g/mol. The van der Waals surface area contributed by atoms with Crippen LogP contribution < -0.4 is 0 Å². The Morgan fingerprint density at radius 2 is 1.90 bits per heavy atom.